The molecular formula is C14H27N3O. The first-order valence-corrected chi connectivity index (χ1v) is 6.87. The first kappa shape index (κ1) is 15.2. The second-order valence-corrected chi connectivity index (χ2v) is 5.75. The molecule has 0 aliphatic carbocycles. The monoisotopic (exact) mass is 253 g/mol. The van der Waals surface area contributed by atoms with Gasteiger partial charge in [-0.15, -0.1) is 0 Å². The van der Waals surface area contributed by atoms with Crippen molar-refractivity contribution in [1.82, 2.24) is 15.1 Å². The van der Waals surface area contributed by atoms with E-state index in [1.165, 1.54) is 0 Å². The lowest BCUT2D eigenvalue weighted by atomic mass is 9.99. The van der Waals surface area contributed by atoms with Crippen molar-refractivity contribution in [3.8, 4) is 0 Å². The van der Waals surface area contributed by atoms with Gasteiger partial charge in [0.1, 0.15) is 0 Å². The number of hydrogen-bond acceptors (Lipinski definition) is 3. The molecule has 0 bridgehead atoms. The number of nitrogens with one attached hydrogen (secondary N) is 1. The standard InChI is InChI=1S/C14H27N3O/c1-11(2)8-13(10-18)16-14(12(3)4)9-17-7-5-6-15-17/h5-7,11-14,16,18H,8-10H2,1-4H3. The van der Waals surface area contributed by atoms with Gasteiger partial charge in [-0.1, -0.05) is 27.7 Å². The predicted octanol–water partition coefficient (Wildman–Crippen LogP) is 1.90. The predicted molar refractivity (Wildman–Crippen MR) is 74.3 cm³/mol. The van der Waals surface area contributed by atoms with E-state index >= 15 is 0 Å². The third-order valence-electron chi connectivity index (χ3n) is 3.17. The molecule has 104 valence electrons. The summed E-state index contributed by atoms with van der Waals surface area (Å²) in [5.41, 5.74) is 0. The van der Waals surface area contributed by atoms with Crippen LogP contribution in [0.15, 0.2) is 18.5 Å². The molecule has 1 rings (SSSR count). The topological polar surface area (TPSA) is 50.1 Å². The van der Waals surface area contributed by atoms with Crippen LogP contribution < -0.4 is 5.32 Å². The summed E-state index contributed by atoms with van der Waals surface area (Å²) < 4.78 is 1.95. The third kappa shape index (κ3) is 5.19. The van der Waals surface area contributed by atoms with Crippen molar-refractivity contribution >= 4 is 0 Å². The molecule has 0 spiro atoms. The summed E-state index contributed by atoms with van der Waals surface area (Å²) in [6.07, 6.45) is 4.78. The third-order valence-corrected chi connectivity index (χ3v) is 3.17. The number of nitrogens with zero attached hydrogens (tertiary/aromatic N) is 2. The Morgan fingerprint density at radius 2 is 2.00 bits per heavy atom. The molecule has 1 aromatic heterocycles. The van der Waals surface area contributed by atoms with Crippen LogP contribution in [-0.4, -0.2) is 33.6 Å². The van der Waals surface area contributed by atoms with Crippen molar-refractivity contribution in [3.05, 3.63) is 18.5 Å². The SMILES string of the molecule is CC(C)CC(CO)NC(Cn1cccn1)C(C)C. The van der Waals surface area contributed by atoms with E-state index < -0.39 is 0 Å². The van der Waals surface area contributed by atoms with E-state index in [2.05, 4.69) is 38.1 Å². The molecule has 0 aliphatic rings. The van der Waals surface area contributed by atoms with Crippen LogP contribution in [0.25, 0.3) is 0 Å². The molecular weight excluding hydrogens is 226 g/mol. The van der Waals surface area contributed by atoms with Crippen molar-refractivity contribution < 1.29 is 5.11 Å². The van der Waals surface area contributed by atoms with E-state index in [1.54, 1.807) is 6.20 Å². The van der Waals surface area contributed by atoms with E-state index in [0.717, 1.165) is 13.0 Å². The van der Waals surface area contributed by atoms with Crippen LogP contribution in [0.1, 0.15) is 34.1 Å². The normalized spacial score (nSPS) is 15.3. The van der Waals surface area contributed by atoms with Crippen LogP contribution in [-0.2, 0) is 6.54 Å². The highest BCUT2D eigenvalue weighted by Gasteiger charge is 2.19. The number of aliphatic hydroxyl groups excluding tert-OH is 1. The Kier molecular flexibility index (Phi) is 6.36. The summed E-state index contributed by atoms with van der Waals surface area (Å²) in [4.78, 5) is 0. The van der Waals surface area contributed by atoms with Crippen LogP contribution in [0.2, 0.25) is 0 Å². The van der Waals surface area contributed by atoms with Crippen molar-refractivity contribution in [2.45, 2.75) is 52.7 Å². The zero-order chi connectivity index (χ0) is 13.5. The van der Waals surface area contributed by atoms with Crippen molar-refractivity contribution in [2.24, 2.45) is 11.8 Å². The average molecular weight is 253 g/mol. The molecule has 4 heteroatoms. The van der Waals surface area contributed by atoms with Crippen molar-refractivity contribution in [3.63, 3.8) is 0 Å². The van der Waals surface area contributed by atoms with Crippen LogP contribution in [0.5, 0.6) is 0 Å². The zero-order valence-electron chi connectivity index (χ0n) is 12.0. The lowest BCUT2D eigenvalue weighted by Crippen LogP contribution is -2.46. The van der Waals surface area contributed by atoms with Crippen LogP contribution in [0, 0.1) is 11.8 Å². The maximum Gasteiger partial charge on any atom is 0.0584 e. The Morgan fingerprint density at radius 1 is 1.28 bits per heavy atom. The van der Waals surface area contributed by atoms with Gasteiger partial charge in [-0.2, -0.15) is 5.10 Å². The van der Waals surface area contributed by atoms with Gasteiger partial charge in [-0.05, 0) is 24.3 Å². The van der Waals surface area contributed by atoms with Crippen LogP contribution in [0.3, 0.4) is 0 Å². The largest absolute Gasteiger partial charge is 0.395 e. The second-order valence-electron chi connectivity index (χ2n) is 5.75. The van der Waals surface area contributed by atoms with Gasteiger partial charge in [0.15, 0.2) is 0 Å². The smallest absolute Gasteiger partial charge is 0.0584 e. The molecule has 18 heavy (non-hydrogen) atoms. The van der Waals surface area contributed by atoms with Crippen LogP contribution in [0.4, 0.5) is 0 Å². The fourth-order valence-electron chi connectivity index (χ4n) is 2.13. The first-order chi connectivity index (χ1) is 8.52. The highest BCUT2D eigenvalue weighted by atomic mass is 16.3. The average Bonchev–Trinajstić information content (AvgIpc) is 2.79. The summed E-state index contributed by atoms with van der Waals surface area (Å²) in [6.45, 7) is 9.81. The number of rotatable bonds is 8. The van der Waals surface area contributed by atoms with E-state index in [-0.39, 0.29) is 12.6 Å². The van der Waals surface area contributed by atoms with Crippen molar-refractivity contribution in [1.29, 1.82) is 0 Å². The highest BCUT2D eigenvalue weighted by molar-refractivity contribution is 4.82. The number of hydrogen-bond donors (Lipinski definition) is 2. The zero-order valence-corrected chi connectivity index (χ0v) is 12.0. The molecule has 0 saturated heterocycles. The quantitative estimate of drug-likeness (QED) is 0.744. The van der Waals surface area contributed by atoms with Crippen molar-refractivity contribution in [2.75, 3.05) is 6.61 Å². The summed E-state index contributed by atoms with van der Waals surface area (Å²) >= 11 is 0. The van der Waals surface area contributed by atoms with Gasteiger partial charge < -0.3 is 10.4 Å². The molecule has 2 atom stereocenters. The minimum Gasteiger partial charge on any atom is -0.395 e. The maximum atomic E-state index is 9.45. The van der Waals surface area contributed by atoms with E-state index in [4.69, 9.17) is 0 Å². The summed E-state index contributed by atoms with van der Waals surface area (Å²) in [5, 5.41) is 17.3. The van der Waals surface area contributed by atoms with Gasteiger partial charge in [-0.25, -0.2) is 0 Å². The van der Waals surface area contributed by atoms with E-state index in [0.29, 0.717) is 17.9 Å². The molecule has 0 saturated carbocycles. The lowest BCUT2D eigenvalue weighted by molar-refractivity contribution is 0.194. The molecule has 2 N–H and O–H groups in total. The van der Waals surface area contributed by atoms with Gasteiger partial charge in [0.25, 0.3) is 0 Å². The Morgan fingerprint density at radius 3 is 2.44 bits per heavy atom. The number of aromatic nitrogens is 2. The minimum absolute atomic E-state index is 0.174. The van der Waals surface area contributed by atoms with Gasteiger partial charge in [-0.3, -0.25) is 4.68 Å². The second kappa shape index (κ2) is 7.54. The van der Waals surface area contributed by atoms with E-state index in [1.807, 2.05) is 16.9 Å². The van der Waals surface area contributed by atoms with E-state index in [9.17, 15) is 5.11 Å². The van der Waals surface area contributed by atoms with Gasteiger partial charge in [0.05, 0.1) is 13.2 Å². The first-order valence-electron chi connectivity index (χ1n) is 6.87. The molecule has 0 fully saturated rings. The fourth-order valence-corrected chi connectivity index (χ4v) is 2.13. The van der Waals surface area contributed by atoms with Gasteiger partial charge >= 0.3 is 0 Å². The van der Waals surface area contributed by atoms with Gasteiger partial charge in [0.2, 0.25) is 0 Å². The summed E-state index contributed by atoms with van der Waals surface area (Å²) in [5.74, 6) is 1.10. The lowest BCUT2D eigenvalue weighted by Gasteiger charge is -2.28. The molecule has 0 aliphatic heterocycles. The Balaban J connectivity index is 2.56. The van der Waals surface area contributed by atoms with Crippen LogP contribution >= 0.6 is 0 Å². The minimum atomic E-state index is 0.174. The Hall–Kier alpha value is -0.870. The molecule has 0 radical (unpaired) electrons. The molecule has 0 aromatic carbocycles. The molecule has 0 amide bonds. The summed E-state index contributed by atoms with van der Waals surface area (Å²) in [6, 6.07) is 2.45. The van der Waals surface area contributed by atoms with Gasteiger partial charge in [0, 0.05) is 24.5 Å². The maximum absolute atomic E-state index is 9.45. The molecule has 4 nitrogen and oxygen atoms in total. The Labute approximate surface area is 110 Å². The molecule has 1 heterocycles. The Bertz CT molecular complexity index is 309. The fraction of sp³-hybridized carbons (Fsp3) is 0.786. The summed E-state index contributed by atoms with van der Waals surface area (Å²) in [7, 11) is 0. The molecule has 1 aromatic rings. The number of aliphatic hydroxyl groups is 1. The molecule has 2 unspecified atom stereocenters. The highest BCUT2D eigenvalue weighted by Crippen LogP contribution is 2.10.